The number of pyridine rings is 1. The SMILES string of the molecule is COc1ccc(CN2CCN(C(=O)c3ccc[nH]c3=S)CC2)cc1F. The quantitative estimate of drug-likeness (QED) is 0.851. The second-order valence-electron chi connectivity index (χ2n) is 5.95. The lowest BCUT2D eigenvalue weighted by Crippen LogP contribution is -2.48. The molecule has 1 aromatic carbocycles. The Bertz CT molecular complexity index is 816. The molecule has 1 saturated heterocycles. The zero-order valence-electron chi connectivity index (χ0n) is 14.0. The van der Waals surface area contributed by atoms with E-state index in [4.69, 9.17) is 17.0 Å². The topological polar surface area (TPSA) is 48.6 Å². The molecule has 0 radical (unpaired) electrons. The molecule has 1 N–H and O–H groups in total. The van der Waals surface area contributed by atoms with Gasteiger partial charge in [-0.2, -0.15) is 0 Å². The number of H-pyrrole nitrogens is 1. The number of carbonyl (C=O) groups is 1. The molecule has 1 aliphatic heterocycles. The van der Waals surface area contributed by atoms with Crippen molar-refractivity contribution in [1.82, 2.24) is 14.8 Å². The monoisotopic (exact) mass is 361 g/mol. The number of rotatable bonds is 4. The number of methoxy groups -OCH3 is 1. The summed E-state index contributed by atoms with van der Waals surface area (Å²) in [5.41, 5.74) is 1.42. The number of amides is 1. The van der Waals surface area contributed by atoms with E-state index in [0.717, 1.165) is 18.7 Å². The minimum absolute atomic E-state index is 0.0445. The highest BCUT2D eigenvalue weighted by Crippen LogP contribution is 2.19. The number of benzene rings is 1. The average Bonchev–Trinajstić information content (AvgIpc) is 2.62. The molecule has 0 aliphatic carbocycles. The zero-order valence-corrected chi connectivity index (χ0v) is 14.8. The summed E-state index contributed by atoms with van der Waals surface area (Å²) in [6, 6.07) is 8.52. The van der Waals surface area contributed by atoms with E-state index in [0.29, 0.717) is 29.8 Å². The third kappa shape index (κ3) is 4.05. The molecule has 1 aromatic heterocycles. The first-order valence-electron chi connectivity index (χ1n) is 8.10. The highest BCUT2D eigenvalue weighted by atomic mass is 32.1. The minimum atomic E-state index is -0.355. The van der Waals surface area contributed by atoms with Crippen LogP contribution in [0.25, 0.3) is 0 Å². The lowest BCUT2D eigenvalue weighted by atomic mass is 10.1. The number of nitrogens with zero attached hydrogens (tertiary/aromatic N) is 2. The molecular weight excluding hydrogens is 341 g/mol. The number of halogens is 1. The summed E-state index contributed by atoms with van der Waals surface area (Å²) in [7, 11) is 1.45. The van der Waals surface area contributed by atoms with Crippen LogP contribution in [-0.2, 0) is 6.54 Å². The van der Waals surface area contributed by atoms with Crippen LogP contribution in [0.4, 0.5) is 4.39 Å². The van der Waals surface area contributed by atoms with Crippen LogP contribution >= 0.6 is 12.2 Å². The van der Waals surface area contributed by atoms with E-state index in [1.54, 1.807) is 24.4 Å². The predicted molar refractivity (Wildman–Crippen MR) is 95.8 cm³/mol. The third-order valence-corrected chi connectivity index (χ3v) is 4.67. The van der Waals surface area contributed by atoms with E-state index in [1.807, 2.05) is 11.0 Å². The molecule has 2 heterocycles. The first-order valence-corrected chi connectivity index (χ1v) is 8.51. The Balaban J connectivity index is 1.59. The van der Waals surface area contributed by atoms with E-state index in [9.17, 15) is 9.18 Å². The zero-order chi connectivity index (χ0) is 17.8. The van der Waals surface area contributed by atoms with Crippen molar-refractivity contribution < 1.29 is 13.9 Å². The highest BCUT2D eigenvalue weighted by Gasteiger charge is 2.23. The first kappa shape index (κ1) is 17.6. The number of aromatic nitrogens is 1. The van der Waals surface area contributed by atoms with Gasteiger partial charge in [0.15, 0.2) is 11.6 Å². The molecule has 0 unspecified atom stereocenters. The second kappa shape index (κ2) is 7.76. The average molecular weight is 361 g/mol. The number of aromatic amines is 1. The number of carbonyl (C=O) groups excluding carboxylic acids is 1. The van der Waals surface area contributed by atoms with Gasteiger partial charge in [0.25, 0.3) is 5.91 Å². The summed E-state index contributed by atoms with van der Waals surface area (Å²) >= 11 is 5.18. The number of nitrogens with one attached hydrogen (secondary N) is 1. The van der Waals surface area contributed by atoms with Crippen LogP contribution in [0, 0.1) is 10.5 Å². The van der Waals surface area contributed by atoms with Crippen molar-refractivity contribution in [2.45, 2.75) is 6.54 Å². The van der Waals surface area contributed by atoms with E-state index in [-0.39, 0.29) is 17.5 Å². The molecule has 3 rings (SSSR count). The van der Waals surface area contributed by atoms with Crippen LogP contribution in [0.2, 0.25) is 0 Å². The van der Waals surface area contributed by atoms with Crippen molar-refractivity contribution in [1.29, 1.82) is 0 Å². The number of piperazine rings is 1. The van der Waals surface area contributed by atoms with Crippen molar-refractivity contribution >= 4 is 18.1 Å². The van der Waals surface area contributed by atoms with Gasteiger partial charge in [-0.05, 0) is 29.8 Å². The molecule has 0 saturated carbocycles. The Kier molecular flexibility index (Phi) is 5.45. The van der Waals surface area contributed by atoms with Gasteiger partial charge >= 0.3 is 0 Å². The highest BCUT2D eigenvalue weighted by molar-refractivity contribution is 7.71. The maximum absolute atomic E-state index is 13.8. The van der Waals surface area contributed by atoms with Crippen LogP contribution in [0.1, 0.15) is 15.9 Å². The lowest BCUT2D eigenvalue weighted by Gasteiger charge is -2.34. The van der Waals surface area contributed by atoms with Crippen LogP contribution in [0.15, 0.2) is 36.5 Å². The molecule has 1 aliphatic rings. The van der Waals surface area contributed by atoms with Gasteiger partial charge in [-0.1, -0.05) is 18.3 Å². The standard InChI is InChI=1S/C18H20FN3O2S/c1-24-16-5-4-13(11-15(16)19)12-21-7-9-22(10-8-21)18(23)14-3-2-6-20-17(14)25/h2-6,11H,7-10,12H2,1H3,(H,20,25). The molecule has 0 bridgehead atoms. The maximum Gasteiger partial charge on any atom is 0.256 e. The number of hydrogen-bond acceptors (Lipinski definition) is 4. The van der Waals surface area contributed by atoms with Gasteiger partial charge in [-0.25, -0.2) is 4.39 Å². The largest absolute Gasteiger partial charge is 0.494 e. The fourth-order valence-corrected chi connectivity index (χ4v) is 3.16. The number of hydrogen-bond donors (Lipinski definition) is 1. The van der Waals surface area contributed by atoms with Crippen LogP contribution in [0.3, 0.4) is 0 Å². The van der Waals surface area contributed by atoms with Gasteiger partial charge in [0.05, 0.1) is 12.7 Å². The molecule has 132 valence electrons. The minimum Gasteiger partial charge on any atom is -0.494 e. The summed E-state index contributed by atoms with van der Waals surface area (Å²) in [4.78, 5) is 19.5. The molecule has 25 heavy (non-hydrogen) atoms. The fourth-order valence-electron chi connectivity index (χ4n) is 2.94. The second-order valence-corrected chi connectivity index (χ2v) is 6.36. The van der Waals surface area contributed by atoms with Crippen molar-refractivity contribution in [2.75, 3.05) is 33.3 Å². The van der Waals surface area contributed by atoms with Crippen LogP contribution in [-0.4, -0.2) is 54.0 Å². The lowest BCUT2D eigenvalue weighted by molar-refractivity contribution is 0.0627. The molecule has 5 nitrogen and oxygen atoms in total. The molecule has 1 amide bonds. The van der Waals surface area contributed by atoms with Crippen molar-refractivity contribution in [3.8, 4) is 5.75 Å². The summed E-state index contributed by atoms with van der Waals surface area (Å²) < 4.78 is 19.2. The fraction of sp³-hybridized carbons (Fsp3) is 0.333. The van der Waals surface area contributed by atoms with Gasteiger partial charge in [-0.3, -0.25) is 9.69 Å². The van der Waals surface area contributed by atoms with E-state index in [2.05, 4.69) is 9.88 Å². The Labute approximate surface area is 151 Å². The van der Waals surface area contributed by atoms with E-state index < -0.39 is 0 Å². The maximum atomic E-state index is 13.8. The Hall–Kier alpha value is -2.25. The van der Waals surface area contributed by atoms with Gasteiger partial charge in [0.2, 0.25) is 0 Å². The molecule has 0 spiro atoms. The van der Waals surface area contributed by atoms with Gasteiger partial charge in [0, 0.05) is 38.9 Å². The van der Waals surface area contributed by atoms with Crippen LogP contribution < -0.4 is 4.74 Å². The first-order chi connectivity index (χ1) is 12.1. The number of ether oxygens (including phenoxy) is 1. The van der Waals surface area contributed by atoms with Crippen molar-refractivity contribution in [3.63, 3.8) is 0 Å². The predicted octanol–water partition coefficient (Wildman–Crippen LogP) is 2.85. The van der Waals surface area contributed by atoms with E-state index in [1.165, 1.54) is 13.2 Å². The molecule has 7 heteroatoms. The smallest absolute Gasteiger partial charge is 0.256 e. The molecule has 1 fully saturated rings. The van der Waals surface area contributed by atoms with Crippen molar-refractivity contribution in [3.05, 3.63) is 58.1 Å². The summed E-state index contributed by atoms with van der Waals surface area (Å²) in [5, 5.41) is 0. The van der Waals surface area contributed by atoms with Gasteiger partial charge in [0.1, 0.15) is 4.64 Å². The normalized spacial score (nSPS) is 15.2. The molecule has 0 atom stereocenters. The summed E-state index contributed by atoms with van der Waals surface area (Å²) in [6.45, 7) is 3.38. The molecular formula is C18H20FN3O2S. The Morgan fingerprint density at radius 1 is 1.28 bits per heavy atom. The van der Waals surface area contributed by atoms with Crippen LogP contribution in [0.5, 0.6) is 5.75 Å². The Morgan fingerprint density at radius 2 is 2.04 bits per heavy atom. The summed E-state index contributed by atoms with van der Waals surface area (Å²) in [6.07, 6.45) is 1.71. The summed E-state index contributed by atoms with van der Waals surface area (Å²) in [5.74, 6) is -0.150. The Morgan fingerprint density at radius 3 is 2.68 bits per heavy atom. The molecule has 2 aromatic rings. The third-order valence-electron chi connectivity index (χ3n) is 4.33. The van der Waals surface area contributed by atoms with Gasteiger partial charge in [-0.15, -0.1) is 0 Å². The van der Waals surface area contributed by atoms with Crippen molar-refractivity contribution in [2.24, 2.45) is 0 Å². The van der Waals surface area contributed by atoms with Gasteiger partial charge < -0.3 is 14.6 Å². The van der Waals surface area contributed by atoms with E-state index >= 15 is 0 Å².